The van der Waals surface area contributed by atoms with Crippen LogP contribution in [0.15, 0.2) is 84.9 Å². The Morgan fingerprint density at radius 3 is 2.11 bits per heavy atom. The molecular weight excluding hydrogens is 330 g/mol. The van der Waals surface area contributed by atoms with Crippen molar-refractivity contribution in [3.8, 4) is 0 Å². The van der Waals surface area contributed by atoms with Crippen LogP contribution >= 0.6 is 0 Å². The predicted molar refractivity (Wildman–Crippen MR) is 110 cm³/mol. The van der Waals surface area contributed by atoms with Crippen LogP contribution in [0.3, 0.4) is 0 Å². The van der Waals surface area contributed by atoms with Gasteiger partial charge in [0.25, 0.3) is 0 Å². The van der Waals surface area contributed by atoms with E-state index in [4.69, 9.17) is 0 Å². The number of carbonyl (C=O) groups is 1. The summed E-state index contributed by atoms with van der Waals surface area (Å²) in [6, 6.07) is 28.9. The van der Waals surface area contributed by atoms with Crippen molar-refractivity contribution >= 4 is 5.91 Å². The van der Waals surface area contributed by atoms with Crippen LogP contribution in [0, 0.1) is 0 Å². The first kappa shape index (κ1) is 17.5. The second-order valence-corrected chi connectivity index (χ2v) is 7.31. The number of fused-ring (bicyclic) bond motifs is 1. The number of amides is 1. The third kappa shape index (κ3) is 4.11. The highest BCUT2D eigenvalue weighted by atomic mass is 16.1. The highest BCUT2D eigenvalue weighted by Gasteiger charge is 2.24. The molecule has 4 rings (SSSR count). The van der Waals surface area contributed by atoms with Gasteiger partial charge in [0, 0.05) is 6.42 Å². The summed E-state index contributed by atoms with van der Waals surface area (Å²) in [7, 11) is 0. The van der Waals surface area contributed by atoms with Crippen molar-refractivity contribution in [2.75, 3.05) is 0 Å². The molecule has 0 bridgehead atoms. The van der Waals surface area contributed by atoms with Crippen LogP contribution in [0.4, 0.5) is 0 Å². The zero-order valence-electron chi connectivity index (χ0n) is 15.5. The lowest BCUT2D eigenvalue weighted by atomic mass is 9.81. The van der Waals surface area contributed by atoms with E-state index in [-0.39, 0.29) is 11.9 Å². The van der Waals surface area contributed by atoms with Gasteiger partial charge in [0.1, 0.15) is 0 Å². The molecule has 1 N–H and O–H groups in total. The molecule has 1 unspecified atom stereocenters. The Balaban J connectivity index is 1.53. The maximum Gasteiger partial charge on any atom is 0.221 e. The zero-order valence-corrected chi connectivity index (χ0v) is 15.5. The van der Waals surface area contributed by atoms with Gasteiger partial charge in [-0.15, -0.1) is 0 Å². The Morgan fingerprint density at radius 1 is 0.852 bits per heavy atom. The minimum absolute atomic E-state index is 0.112. The average Bonchev–Trinajstić information content (AvgIpc) is 2.73. The van der Waals surface area contributed by atoms with Crippen LogP contribution in [0.1, 0.15) is 53.5 Å². The van der Waals surface area contributed by atoms with E-state index in [1.54, 1.807) is 0 Å². The van der Waals surface area contributed by atoms with Crippen molar-refractivity contribution in [2.45, 2.75) is 37.6 Å². The molecule has 3 aromatic carbocycles. The van der Waals surface area contributed by atoms with E-state index >= 15 is 0 Å². The molecule has 2 nitrogen and oxygen atoms in total. The molecule has 3 aromatic rings. The van der Waals surface area contributed by atoms with E-state index in [0.717, 1.165) is 30.4 Å². The van der Waals surface area contributed by atoms with Gasteiger partial charge in [0.2, 0.25) is 5.91 Å². The molecule has 0 saturated heterocycles. The van der Waals surface area contributed by atoms with Gasteiger partial charge in [0.05, 0.1) is 6.04 Å². The summed E-state index contributed by atoms with van der Waals surface area (Å²) in [5.41, 5.74) is 4.99. The monoisotopic (exact) mass is 355 g/mol. The third-order valence-electron chi connectivity index (χ3n) is 5.50. The number of benzene rings is 3. The Hall–Kier alpha value is -2.87. The van der Waals surface area contributed by atoms with Crippen molar-refractivity contribution in [3.05, 3.63) is 107 Å². The van der Waals surface area contributed by atoms with Gasteiger partial charge in [-0.05, 0) is 47.4 Å². The van der Waals surface area contributed by atoms with E-state index in [0.29, 0.717) is 12.3 Å². The molecule has 2 heteroatoms. The second-order valence-electron chi connectivity index (χ2n) is 7.31. The lowest BCUT2D eigenvalue weighted by Crippen LogP contribution is -2.31. The average molecular weight is 355 g/mol. The molecule has 1 amide bonds. The van der Waals surface area contributed by atoms with Gasteiger partial charge in [-0.3, -0.25) is 4.79 Å². The Bertz CT molecular complexity index is 849. The number of rotatable bonds is 5. The smallest absolute Gasteiger partial charge is 0.221 e. The first-order valence-electron chi connectivity index (χ1n) is 9.78. The number of aryl methyl sites for hydroxylation is 1. The lowest BCUT2D eigenvalue weighted by molar-refractivity contribution is -0.122. The van der Waals surface area contributed by atoms with Crippen LogP contribution < -0.4 is 5.32 Å². The first-order chi connectivity index (χ1) is 13.3. The quantitative estimate of drug-likeness (QED) is 0.652. The molecule has 1 aliphatic carbocycles. The van der Waals surface area contributed by atoms with E-state index in [9.17, 15) is 4.79 Å². The normalized spacial score (nSPS) is 16.0. The van der Waals surface area contributed by atoms with Crippen LogP contribution in [0.2, 0.25) is 0 Å². The summed E-state index contributed by atoms with van der Waals surface area (Å²) in [5, 5.41) is 3.29. The van der Waals surface area contributed by atoms with Crippen LogP contribution in [0.25, 0.3) is 0 Å². The Kier molecular flexibility index (Phi) is 5.34. The number of carbonyl (C=O) groups excluding carboxylic acids is 1. The van der Waals surface area contributed by atoms with Crippen molar-refractivity contribution in [2.24, 2.45) is 0 Å². The lowest BCUT2D eigenvalue weighted by Gasteiger charge is -2.26. The van der Waals surface area contributed by atoms with Crippen LogP contribution in [-0.4, -0.2) is 5.91 Å². The fourth-order valence-corrected chi connectivity index (χ4v) is 4.16. The van der Waals surface area contributed by atoms with Crippen molar-refractivity contribution in [1.82, 2.24) is 5.32 Å². The maximum atomic E-state index is 13.0. The molecule has 27 heavy (non-hydrogen) atoms. The van der Waals surface area contributed by atoms with Gasteiger partial charge in [-0.1, -0.05) is 84.9 Å². The second kappa shape index (κ2) is 8.22. The number of hydrogen-bond acceptors (Lipinski definition) is 1. The Labute approximate surface area is 161 Å². The number of nitrogens with one attached hydrogen (secondary N) is 1. The fraction of sp³-hybridized carbons (Fsp3) is 0.240. The number of hydrogen-bond donors (Lipinski definition) is 1. The van der Waals surface area contributed by atoms with E-state index in [1.165, 1.54) is 11.1 Å². The third-order valence-corrected chi connectivity index (χ3v) is 5.50. The fourth-order valence-electron chi connectivity index (χ4n) is 4.16. The van der Waals surface area contributed by atoms with E-state index in [1.807, 2.05) is 36.4 Å². The molecule has 0 aromatic heterocycles. The van der Waals surface area contributed by atoms with Crippen LogP contribution in [-0.2, 0) is 11.2 Å². The minimum atomic E-state index is -0.112. The highest BCUT2D eigenvalue weighted by molar-refractivity contribution is 5.78. The molecule has 0 saturated carbocycles. The highest BCUT2D eigenvalue weighted by Crippen LogP contribution is 2.34. The molecular formula is C25H25NO. The largest absolute Gasteiger partial charge is 0.345 e. The molecule has 136 valence electrons. The standard InChI is InChI=1S/C25H25NO/c27-24(18-22-16-9-15-19-10-7-8-17-23(19)22)26-25(20-11-3-1-4-12-20)21-13-5-2-6-14-21/h1-8,10-14,17,22,25H,9,15-16,18H2,(H,26,27). The van der Waals surface area contributed by atoms with E-state index < -0.39 is 0 Å². The van der Waals surface area contributed by atoms with Crippen LogP contribution in [0.5, 0.6) is 0 Å². The van der Waals surface area contributed by atoms with Crippen molar-refractivity contribution in [1.29, 1.82) is 0 Å². The van der Waals surface area contributed by atoms with Gasteiger partial charge in [-0.2, -0.15) is 0 Å². The molecule has 1 aliphatic rings. The molecule has 0 fully saturated rings. The van der Waals surface area contributed by atoms with Crippen molar-refractivity contribution < 1.29 is 4.79 Å². The first-order valence-corrected chi connectivity index (χ1v) is 9.78. The van der Waals surface area contributed by atoms with Gasteiger partial charge < -0.3 is 5.32 Å². The summed E-state index contributed by atoms with van der Waals surface area (Å²) in [6.07, 6.45) is 3.93. The van der Waals surface area contributed by atoms with E-state index in [2.05, 4.69) is 53.8 Å². The van der Waals surface area contributed by atoms with Crippen molar-refractivity contribution in [3.63, 3.8) is 0 Å². The summed E-state index contributed by atoms with van der Waals surface area (Å²) < 4.78 is 0. The molecule has 0 spiro atoms. The van der Waals surface area contributed by atoms with Gasteiger partial charge in [-0.25, -0.2) is 0 Å². The predicted octanol–water partition coefficient (Wildman–Crippen LogP) is 5.40. The Morgan fingerprint density at radius 2 is 1.44 bits per heavy atom. The van der Waals surface area contributed by atoms with Gasteiger partial charge in [0.15, 0.2) is 0 Å². The molecule has 0 radical (unpaired) electrons. The summed E-state index contributed by atoms with van der Waals surface area (Å²) in [4.78, 5) is 13.0. The summed E-state index contributed by atoms with van der Waals surface area (Å²) in [5.74, 6) is 0.441. The summed E-state index contributed by atoms with van der Waals surface area (Å²) >= 11 is 0. The molecule has 1 atom stereocenters. The zero-order chi connectivity index (χ0) is 18.5. The topological polar surface area (TPSA) is 29.1 Å². The summed E-state index contributed by atoms with van der Waals surface area (Å²) in [6.45, 7) is 0. The minimum Gasteiger partial charge on any atom is -0.345 e. The molecule has 0 heterocycles. The van der Waals surface area contributed by atoms with Gasteiger partial charge >= 0.3 is 0 Å². The SMILES string of the molecule is O=C(CC1CCCc2ccccc21)NC(c1ccccc1)c1ccccc1. The molecule has 0 aliphatic heterocycles. The maximum absolute atomic E-state index is 13.0.